The van der Waals surface area contributed by atoms with Crippen molar-refractivity contribution in [2.24, 2.45) is 5.11 Å². The van der Waals surface area contributed by atoms with Crippen LogP contribution in [0.1, 0.15) is 10.6 Å². The highest BCUT2D eigenvalue weighted by Gasteiger charge is 2.12. The van der Waals surface area contributed by atoms with Gasteiger partial charge < -0.3 is 14.5 Å². The molecule has 0 aliphatic carbocycles. The molecule has 0 bridgehead atoms. The number of methoxy groups -OCH3 is 1. The first kappa shape index (κ1) is 12.5. The molecule has 1 N–H and O–H groups in total. The molecule has 0 radical (unpaired) electrons. The van der Waals surface area contributed by atoms with Crippen molar-refractivity contribution in [2.45, 2.75) is 0 Å². The Morgan fingerprint density at radius 3 is 2.95 bits per heavy atom. The number of rotatable bonds is 4. The summed E-state index contributed by atoms with van der Waals surface area (Å²) in [5.74, 6) is 0.200. The Kier molecular flexibility index (Phi) is 3.70. The molecular weight excluding hydrogens is 248 g/mol. The molecule has 1 aromatic carbocycles. The van der Waals surface area contributed by atoms with Crippen LogP contribution in [-0.4, -0.2) is 13.0 Å². The number of benzene rings is 1. The molecule has 1 amide bonds. The van der Waals surface area contributed by atoms with Gasteiger partial charge in [0.1, 0.15) is 5.75 Å². The fourth-order valence-corrected chi connectivity index (χ4v) is 1.49. The lowest BCUT2D eigenvalue weighted by Gasteiger charge is -2.09. The predicted octanol–water partition coefficient (Wildman–Crippen LogP) is 3.48. The summed E-state index contributed by atoms with van der Waals surface area (Å²) in [6.07, 6.45) is 1.41. The van der Waals surface area contributed by atoms with Crippen molar-refractivity contribution < 1.29 is 13.9 Å². The second-order valence-electron chi connectivity index (χ2n) is 3.51. The normalized spacial score (nSPS) is 9.53. The van der Waals surface area contributed by atoms with Crippen LogP contribution in [0.25, 0.3) is 10.4 Å². The van der Waals surface area contributed by atoms with Crippen LogP contribution in [0.15, 0.2) is 46.1 Å². The maximum Gasteiger partial charge on any atom is 0.291 e. The summed E-state index contributed by atoms with van der Waals surface area (Å²) in [4.78, 5) is 14.5. The number of carbonyl (C=O) groups is 1. The number of carbonyl (C=O) groups excluding carboxylic acids is 1. The van der Waals surface area contributed by atoms with Gasteiger partial charge in [-0.1, -0.05) is 11.2 Å². The second kappa shape index (κ2) is 5.61. The Morgan fingerprint density at radius 2 is 2.32 bits per heavy atom. The number of ether oxygens (including phenoxy) is 1. The summed E-state index contributed by atoms with van der Waals surface area (Å²) in [6, 6.07) is 7.86. The van der Waals surface area contributed by atoms with Gasteiger partial charge in [-0.25, -0.2) is 0 Å². The highest BCUT2D eigenvalue weighted by atomic mass is 16.5. The zero-order chi connectivity index (χ0) is 13.7. The van der Waals surface area contributed by atoms with Gasteiger partial charge in [0, 0.05) is 10.6 Å². The second-order valence-corrected chi connectivity index (χ2v) is 3.51. The lowest BCUT2D eigenvalue weighted by atomic mass is 10.2. The molecule has 2 rings (SSSR count). The van der Waals surface area contributed by atoms with Crippen molar-refractivity contribution in [3.05, 3.63) is 52.8 Å². The van der Waals surface area contributed by atoms with Crippen molar-refractivity contribution in [1.29, 1.82) is 0 Å². The molecule has 0 unspecified atom stereocenters. The summed E-state index contributed by atoms with van der Waals surface area (Å²) in [5, 5.41) is 6.10. The first-order valence-electron chi connectivity index (χ1n) is 5.32. The van der Waals surface area contributed by atoms with E-state index in [1.54, 1.807) is 24.3 Å². The van der Waals surface area contributed by atoms with Crippen LogP contribution >= 0.6 is 0 Å². The predicted molar refractivity (Wildman–Crippen MR) is 68.5 cm³/mol. The van der Waals surface area contributed by atoms with Crippen LogP contribution in [0, 0.1) is 0 Å². The number of hydrogen-bond donors (Lipinski definition) is 1. The third-order valence-corrected chi connectivity index (χ3v) is 2.34. The SMILES string of the molecule is COc1cc(N=[N+]=[N-])ccc1NC(=O)c1ccco1. The summed E-state index contributed by atoms with van der Waals surface area (Å²) in [6.45, 7) is 0. The largest absolute Gasteiger partial charge is 0.495 e. The number of hydrogen-bond acceptors (Lipinski definition) is 4. The summed E-state index contributed by atoms with van der Waals surface area (Å²) in [7, 11) is 1.46. The molecule has 7 nitrogen and oxygen atoms in total. The van der Waals surface area contributed by atoms with Gasteiger partial charge in [0.15, 0.2) is 5.76 Å². The quantitative estimate of drug-likeness (QED) is 0.516. The van der Waals surface area contributed by atoms with Crippen LogP contribution < -0.4 is 10.1 Å². The standard InChI is InChI=1S/C12H10N4O3/c1-18-11-7-8(15-16-13)4-5-9(11)14-12(17)10-3-2-6-19-10/h2-7H,1H3,(H,14,17). The molecule has 1 aromatic heterocycles. The van der Waals surface area contributed by atoms with Crippen LogP contribution in [-0.2, 0) is 0 Å². The number of anilines is 1. The maximum absolute atomic E-state index is 11.8. The number of nitrogens with one attached hydrogen (secondary N) is 1. The van der Waals surface area contributed by atoms with Crippen molar-refractivity contribution >= 4 is 17.3 Å². The van der Waals surface area contributed by atoms with E-state index in [0.29, 0.717) is 17.1 Å². The minimum absolute atomic E-state index is 0.196. The molecule has 0 fully saturated rings. The van der Waals surface area contributed by atoms with Gasteiger partial charge in [0.25, 0.3) is 5.91 Å². The van der Waals surface area contributed by atoms with Crippen molar-refractivity contribution in [3.8, 4) is 5.75 Å². The van der Waals surface area contributed by atoms with E-state index in [1.165, 1.54) is 19.4 Å². The van der Waals surface area contributed by atoms with E-state index < -0.39 is 0 Å². The van der Waals surface area contributed by atoms with Gasteiger partial charge in [-0.2, -0.15) is 0 Å². The first-order chi connectivity index (χ1) is 9.24. The Balaban J connectivity index is 2.25. The topological polar surface area (TPSA) is 100 Å². The number of amides is 1. The molecule has 0 saturated carbocycles. The third kappa shape index (κ3) is 2.85. The highest BCUT2D eigenvalue weighted by Crippen LogP contribution is 2.29. The lowest BCUT2D eigenvalue weighted by Crippen LogP contribution is -2.11. The van der Waals surface area contributed by atoms with E-state index in [9.17, 15) is 4.79 Å². The monoisotopic (exact) mass is 258 g/mol. The van der Waals surface area contributed by atoms with Crippen molar-refractivity contribution in [3.63, 3.8) is 0 Å². The molecule has 0 spiro atoms. The van der Waals surface area contributed by atoms with Crippen molar-refractivity contribution in [1.82, 2.24) is 0 Å². The van der Waals surface area contributed by atoms with Gasteiger partial charge in [-0.15, -0.1) is 0 Å². The van der Waals surface area contributed by atoms with Crippen LogP contribution in [0.4, 0.5) is 11.4 Å². The van der Waals surface area contributed by atoms with Gasteiger partial charge in [0.2, 0.25) is 0 Å². The third-order valence-electron chi connectivity index (χ3n) is 2.34. The Labute approximate surface area is 108 Å². The lowest BCUT2D eigenvalue weighted by molar-refractivity contribution is 0.0996. The zero-order valence-electron chi connectivity index (χ0n) is 10.0. The number of furan rings is 1. The Morgan fingerprint density at radius 1 is 1.47 bits per heavy atom. The van der Waals surface area contributed by atoms with Gasteiger partial charge >= 0.3 is 0 Å². The van der Waals surface area contributed by atoms with E-state index in [-0.39, 0.29) is 11.7 Å². The molecule has 0 atom stereocenters. The van der Waals surface area contributed by atoms with Gasteiger partial charge in [0.05, 0.1) is 19.1 Å². The van der Waals surface area contributed by atoms with E-state index >= 15 is 0 Å². The molecule has 96 valence electrons. The molecule has 7 heteroatoms. The molecular formula is C12H10N4O3. The minimum atomic E-state index is -0.389. The summed E-state index contributed by atoms with van der Waals surface area (Å²) < 4.78 is 10.1. The maximum atomic E-state index is 11.8. The smallest absolute Gasteiger partial charge is 0.291 e. The van der Waals surface area contributed by atoms with E-state index in [1.807, 2.05) is 0 Å². The first-order valence-corrected chi connectivity index (χ1v) is 5.32. The van der Waals surface area contributed by atoms with Crippen LogP contribution in [0.3, 0.4) is 0 Å². The average molecular weight is 258 g/mol. The molecule has 0 aliphatic rings. The Bertz CT molecular complexity index is 630. The number of nitrogens with zero attached hydrogens (tertiary/aromatic N) is 3. The molecule has 0 aliphatic heterocycles. The number of azide groups is 1. The fourth-order valence-electron chi connectivity index (χ4n) is 1.49. The van der Waals surface area contributed by atoms with Gasteiger partial charge in [-0.3, -0.25) is 4.79 Å². The summed E-state index contributed by atoms with van der Waals surface area (Å²) >= 11 is 0. The molecule has 2 aromatic rings. The minimum Gasteiger partial charge on any atom is -0.495 e. The molecule has 19 heavy (non-hydrogen) atoms. The zero-order valence-corrected chi connectivity index (χ0v) is 10.0. The van der Waals surface area contributed by atoms with E-state index in [0.717, 1.165) is 0 Å². The Hall–Kier alpha value is -2.92. The molecule has 0 saturated heterocycles. The summed E-state index contributed by atoms with van der Waals surface area (Å²) in [5.41, 5.74) is 9.22. The molecule has 1 heterocycles. The highest BCUT2D eigenvalue weighted by molar-refractivity contribution is 6.03. The van der Waals surface area contributed by atoms with E-state index in [2.05, 4.69) is 15.3 Å². The average Bonchev–Trinajstić information content (AvgIpc) is 2.94. The fraction of sp³-hybridized carbons (Fsp3) is 0.0833. The van der Waals surface area contributed by atoms with E-state index in [4.69, 9.17) is 14.7 Å². The van der Waals surface area contributed by atoms with Crippen molar-refractivity contribution in [2.75, 3.05) is 12.4 Å². The van der Waals surface area contributed by atoms with Gasteiger partial charge in [-0.05, 0) is 29.8 Å². The van der Waals surface area contributed by atoms with Crippen LogP contribution in [0.5, 0.6) is 5.75 Å². The van der Waals surface area contributed by atoms with Crippen LogP contribution in [0.2, 0.25) is 0 Å².